The second kappa shape index (κ2) is 6.82. The minimum Gasteiger partial charge on any atom is -0.348 e. The minimum absolute atomic E-state index is 0.401. The molecule has 0 N–H and O–H groups in total. The van der Waals surface area contributed by atoms with Gasteiger partial charge in [0.2, 0.25) is 0 Å². The molecule has 1 unspecified atom stereocenters. The van der Waals surface area contributed by atoms with Crippen LogP contribution in [0, 0.1) is 18.8 Å². The Hall–Kier alpha value is -3.24. The molecular weight excluding hydrogens is 326 g/mol. The number of aromatic nitrogens is 1. The number of rotatable bonds is 2. The van der Waals surface area contributed by atoms with Crippen molar-refractivity contribution in [2.75, 3.05) is 0 Å². The summed E-state index contributed by atoms with van der Waals surface area (Å²) >= 11 is 0. The fraction of sp³-hybridized carbons (Fsp3) is 0.154. The summed E-state index contributed by atoms with van der Waals surface area (Å²) in [6, 6.07) is 29.4. The maximum atomic E-state index is 3.63. The number of hydrogen-bond donors (Lipinski definition) is 0. The Labute approximate surface area is 161 Å². The van der Waals surface area contributed by atoms with Gasteiger partial charge < -0.3 is 4.57 Å². The Bertz CT molecular complexity index is 1140. The largest absolute Gasteiger partial charge is 0.348 e. The van der Waals surface area contributed by atoms with Crippen molar-refractivity contribution in [3.63, 3.8) is 0 Å². The molecule has 0 saturated heterocycles. The number of fused-ring (bicyclic) bond motifs is 1. The molecule has 3 aromatic carbocycles. The van der Waals surface area contributed by atoms with E-state index in [-0.39, 0.29) is 0 Å². The van der Waals surface area contributed by atoms with E-state index in [4.69, 9.17) is 0 Å². The SMILES string of the molecule is Cc1c(C(C)(C#Cc2ccccc2)c2ccccc2)c2ccccc2n1C. The molecule has 0 saturated carbocycles. The second-order valence-corrected chi connectivity index (χ2v) is 7.14. The molecule has 0 fully saturated rings. The Kier molecular flexibility index (Phi) is 4.34. The van der Waals surface area contributed by atoms with Crippen LogP contribution in [0.5, 0.6) is 0 Å². The molecule has 132 valence electrons. The number of hydrogen-bond acceptors (Lipinski definition) is 0. The van der Waals surface area contributed by atoms with Gasteiger partial charge in [0.05, 0.1) is 5.41 Å². The van der Waals surface area contributed by atoms with E-state index < -0.39 is 5.41 Å². The lowest BCUT2D eigenvalue weighted by Gasteiger charge is -2.26. The van der Waals surface area contributed by atoms with Crippen LogP contribution in [0.4, 0.5) is 0 Å². The first-order valence-corrected chi connectivity index (χ1v) is 9.29. The van der Waals surface area contributed by atoms with Crippen LogP contribution in [0.25, 0.3) is 10.9 Å². The zero-order valence-corrected chi connectivity index (χ0v) is 16.0. The molecule has 0 aliphatic heterocycles. The third kappa shape index (κ3) is 2.94. The van der Waals surface area contributed by atoms with Crippen molar-refractivity contribution in [1.29, 1.82) is 0 Å². The van der Waals surface area contributed by atoms with Crippen LogP contribution in [0.1, 0.15) is 29.3 Å². The molecule has 0 aliphatic carbocycles. The van der Waals surface area contributed by atoms with E-state index in [0.717, 1.165) is 5.56 Å². The van der Waals surface area contributed by atoms with Crippen molar-refractivity contribution in [2.24, 2.45) is 7.05 Å². The van der Waals surface area contributed by atoms with Crippen LogP contribution in [-0.4, -0.2) is 4.57 Å². The fourth-order valence-electron chi connectivity index (χ4n) is 3.92. The van der Waals surface area contributed by atoms with Gasteiger partial charge in [-0.05, 0) is 37.6 Å². The zero-order valence-electron chi connectivity index (χ0n) is 16.0. The standard InChI is InChI=1S/C26H23N/c1-20-25(23-16-10-11-17-24(23)27(20)3)26(2,22-14-8-5-9-15-22)19-18-21-12-6-4-7-13-21/h4-17H,1-3H3. The van der Waals surface area contributed by atoms with E-state index in [1.54, 1.807) is 0 Å². The molecule has 0 aliphatic rings. The molecule has 4 rings (SSSR count). The predicted octanol–water partition coefficient (Wildman–Crippen LogP) is 5.84. The number of benzene rings is 3. The molecule has 0 spiro atoms. The van der Waals surface area contributed by atoms with Crippen molar-refractivity contribution in [3.8, 4) is 11.8 Å². The van der Waals surface area contributed by atoms with Crippen molar-refractivity contribution in [1.82, 2.24) is 4.57 Å². The van der Waals surface area contributed by atoms with Gasteiger partial charge in [-0.15, -0.1) is 0 Å². The summed E-state index contributed by atoms with van der Waals surface area (Å²) < 4.78 is 2.27. The van der Waals surface area contributed by atoms with Crippen LogP contribution in [0.2, 0.25) is 0 Å². The first kappa shape index (κ1) is 17.2. The van der Waals surface area contributed by atoms with Crippen molar-refractivity contribution < 1.29 is 0 Å². The Morgan fingerprint density at radius 1 is 0.778 bits per heavy atom. The molecule has 1 atom stereocenters. The number of para-hydroxylation sites is 1. The van der Waals surface area contributed by atoms with Gasteiger partial charge in [0.1, 0.15) is 0 Å². The van der Waals surface area contributed by atoms with Crippen LogP contribution in [0.15, 0.2) is 84.9 Å². The highest BCUT2D eigenvalue weighted by molar-refractivity contribution is 5.88. The van der Waals surface area contributed by atoms with Gasteiger partial charge >= 0.3 is 0 Å². The molecule has 0 amide bonds. The van der Waals surface area contributed by atoms with Gasteiger partial charge in [-0.2, -0.15) is 0 Å². The maximum Gasteiger partial charge on any atom is 0.0810 e. The topological polar surface area (TPSA) is 4.93 Å². The van der Waals surface area contributed by atoms with Crippen molar-refractivity contribution in [3.05, 3.63) is 107 Å². The first-order valence-electron chi connectivity index (χ1n) is 9.29. The van der Waals surface area contributed by atoms with Gasteiger partial charge in [-0.25, -0.2) is 0 Å². The monoisotopic (exact) mass is 349 g/mol. The van der Waals surface area contributed by atoms with E-state index in [0.29, 0.717) is 0 Å². The molecule has 0 radical (unpaired) electrons. The highest BCUT2D eigenvalue weighted by Gasteiger charge is 2.32. The summed E-state index contributed by atoms with van der Waals surface area (Å²) in [5, 5.41) is 1.27. The summed E-state index contributed by atoms with van der Waals surface area (Å²) in [7, 11) is 2.14. The second-order valence-electron chi connectivity index (χ2n) is 7.14. The number of aryl methyl sites for hydroxylation is 1. The summed E-state index contributed by atoms with van der Waals surface area (Å²) in [5.41, 5.74) is 5.64. The van der Waals surface area contributed by atoms with Crippen LogP contribution in [-0.2, 0) is 12.5 Å². The van der Waals surface area contributed by atoms with Crippen LogP contribution >= 0.6 is 0 Å². The third-order valence-electron chi connectivity index (χ3n) is 5.48. The lowest BCUT2D eigenvalue weighted by atomic mass is 9.75. The molecule has 1 aromatic heterocycles. The molecule has 1 heteroatoms. The lowest BCUT2D eigenvalue weighted by molar-refractivity contribution is 0.740. The Morgan fingerprint density at radius 2 is 1.37 bits per heavy atom. The molecule has 0 bridgehead atoms. The average molecular weight is 349 g/mol. The third-order valence-corrected chi connectivity index (χ3v) is 5.48. The molecule has 1 heterocycles. The van der Waals surface area contributed by atoms with Gasteiger partial charge in [0, 0.05) is 34.8 Å². The molecule has 27 heavy (non-hydrogen) atoms. The highest BCUT2D eigenvalue weighted by atomic mass is 14.9. The van der Waals surface area contributed by atoms with Crippen molar-refractivity contribution >= 4 is 10.9 Å². The van der Waals surface area contributed by atoms with E-state index in [2.05, 4.69) is 104 Å². The maximum absolute atomic E-state index is 3.63. The van der Waals surface area contributed by atoms with E-state index in [9.17, 15) is 0 Å². The first-order chi connectivity index (χ1) is 13.1. The fourth-order valence-corrected chi connectivity index (χ4v) is 3.92. The molecular formula is C26H23N. The van der Waals surface area contributed by atoms with Crippen LogP contribution < -0.4 is 0 Å². The van der Waals surface area contributed by atoms with Gasteiger partial charge in [0.15, 0.2) is 0 Å². The predicted molar refractivity (Wildman–Crippen MR) is 114 cm³/mol. The lowest BCUT2D eigenvalue weighted by Crippen LogP contribution is -2.22. The minimum atomic E-state index is -0.401. The van der Waals surface area contributed by atoms with Gasteiger partial charge in [-0.3, -0.25) is 0 Å². The quantitative estimate of drug-likeness (QED) is 0.400. The summed E-state index contributed by atoms with van der Waals surface area (Å²) in [5.74, 6) is 7.05. The van der Waals surface area contributed by atoms with Gasteiger partial charge in [0.25, 0.3) is 0 Å². The van der Waals surface area contributed by atoms with Crippen molar-refractivity contribution in [2.45, 2.75) is 19.3 Å². The highest BCUT2D eigenvalue weighted by Crippen LogP contribution is 2.39. The summed E-state index contributed by atoms with van der Waals surface area (Å²) in [4.78, 5) is 0. The number of nitrogens with zero attached hydrogens (tertiary/aromatic N) is 1. The van der Waals surface area contributed by atoms with E-state index in [1.165, 1.54) is 27.7 Å². The normalized spacial score (nSPS) is 13.0. The van der Waals surface area contributed by atoms with Gasteiger partial charge in [-0.1, -0.05) is 78.6 Å². The molecule has 4 aromatic rings. The summed E-state index contributed by atoms with van der Waals surface area (Å²) in [6.45, 7) is 4.44. The van der Waals surface area contributed by atoms with E-state index in [1.807, 2.05) is 18.2 Å². The van der Waals surface area contributed by atoms with E-state index >= 15 is 0 Å². The smallest absolute Gasteiger partial charge is 0.0810 e. The zero-order chi connectivity index (χ0) is 18.9. The average Bonchev–Trinajstić information content (AvgIpc) is 2.99. The molecule has 1 nitrogen and oxygen atoms in total. The Morgan fingerprint density at radius 3 is 2.07 bits per heavy atom. The van der Waals surface area contributed by atoms with Crippen LogP contribution in [0.3, 0.4) is 0 Å². The summed E-state index contributed by atoms with van der Waals surface area (Å²) in [6.07, 6.45) is 0. The Balaban J connectivity index is 2.01.